The monoisotopic (exact) mass is 279 g/mol. The molecular weight excluding hydrogens is 262 g/mol. The van der Waals surface area contributed by atoms with E-state index in [1.54, 1.807) is 11.7 Å². The van der Waals surface area contributed by atoms with Crippen LogP contribution in [-0.4, -0.2) is 19.1 Å². The predicted molar refractivity (Wildman–Crippen MR) is 75.1 cm³/mol. The van der Waals surface area contributed by atoms with E-state index in [4.69, 9.17) is 5.73 Å². The number of rotatable bonds is 2. The maximum atomic E-state index is 5.98. The van der Waals surface area contributed by atoms with E-state index in [2.05, 4.69) is 45.5 Å². The summed E-state index contributed by atoms with van der Waals surface area (Å²) in [7, 11) is 1.79. The summed E-state index contributed by atoms with van der Waals surface area (Å²) in [5.74, 6) is 1.18. The highest BCUT2D eigenvalue weighted by Gasteiger charge is 2.25. The molecule has 2 N–H and O–H groups in total. The largest absolute Gasteiger partial charge is 0.382 e. The third kappa shape index (κ3) is 2.78. The normalized spacial score (nSPS) is 12.5. The van der Waals surface area contributed by atoms with Crippen molar-refractivity contribution in [1.29, 1.82) is 0 Å². The van der Waals surface area contributed by atoms with Gasteiger partial charge in [0.2, 0.25) is 5.13 Å². The van der Waals surface area contributed by atoms with Crippen molar-refractivity contribution in [2.45, 2.75) is 33.1 Å². The summed E-state index contributed by atoms with van der Waals surface area (Å²) in [4.78, 5) is 4.13. The van der Waals surface area contributed by atoms with Crippen LogP contribution in [0.1, 0.15) is 32.3 Å². The van der Waals surface area contributed by atoms with Gasteiger partial charge in [-0.2, -0.15) is 9.47 Å². The minimum Gasteiger partial charge on any atom is -0.382 e. The molecule has 0 fully saturated rings. The second kappa shape index (κ2) is 4.69. The van der Waals surface area contributed by atoms with Gasteiger partial charge in [0.25, 0.3) is 0 Å². The fourth-order valence-electron chi connectivity index (χ4n) is 1.55. The Labute approximate surface area is 115 Å². The summed E-state index contributed by atoms with van der Waals surface area (Å²) in [5, 5.41) is 13.2. The molecule has 0 aliphatic heterocycles. The first kappa shape index (κ1) is 13.6. The zero-order valence-corrected chi connectivity index (χ0v) is 12.5. The quantitative estimate of drug-likeness (QED) is 0.855. The molecular formula is C11H17N7S. The number of nitrogens with zero attached hydrogens (tertiary/aromatic N) is 6. The zero-order valence-electron chi connectivity index (χ0n) is 11.7. The molecule has 8 heteroatoms. The van der Waals surface area contributed by atoms with Crippen molar-refractivity contribution in [1.82, 2.24) is 19.1 Å². The first-order valence-electron chi connectivity index (χ1n) is 5.84. The van der Waals surface area contributed by atoms with Crippen LogP contribution in [0.4, 0.5) is 16.6 Å². The molecule has 7 nitrogen and oxygen atoms in total. The molecule has 2 rings (SSSR count). The zero-order chi connectivity index (χ0) is 14.2. The molecule has 0 aliphatic carbocycles. The second-order valence-electron chi connectivity index (χ2n) is 5.28. The van der Waals surface area contributed by atoms with E-state index < -0.39 is 0 Å². The number of hydrogen-bond acceptors (Lipinski definition) is 7. The van der Waals surface area contributed by atoms with Gasteiger partial charge < -0.3 is 5.73 Å². The average Bonchev–Trinajstić information content (AvgIpc) is 2.82. The maximum Gasteiger partial charge on any atom is 0.249 e. The highest BCUT2D eigenvalue weighted by molar-refractivity contribution is 7.09. The molecule has 0 atom stereocenters. The molecule has 0 amide bonds. The summed E-state index contributed by atoms with van der Waals surface area (Å²) >= 11 is 1.21. The van der Waals surface area contributed by atoms with E-state index >= 15 is 0 Å². The minimum absolute atomic E-state index is 0.152. The predicted octanol–water partition coefficient (Wildman–Crippen LogP) is 2.88. The molecule has 0 spiro atoms. The molecule has 0 bridgehead atoms. The molecule has 2 aromatic heterocycles. The lowest BCUT2D eigenvalue weighted by Crippen LogP contribution is -2.12. The van der Waals surface area contributed by atoms with Gasteiger partial charge in [0.15, 0.2) is 5.69 Å². The third-order valence-electron chi connectivity index (χ3n) is 2.53. The lowest BCUT2D eigenvalue weighted by atomic mass is 9.91. The molecule has 2 aromatic rings. The SMILES string of the molecule is Cc1nsc(N=Nc2c(C(C)(C)C)nn(C)c2N)n1. The first-order valence-corrected chi connectivity index (χ1v) is 6.61. The Hall–Kier alpha value is -1.83. The Morgan fingerprint density at radius 1 is 1.26 bits per heavy atom. The molecule has 2 heterocycles. The molecule has 0 unspecified atom stereocenters. The fourth-order valence-corrected chi connectivity index (χ4v) is 2.05. The molecule has 0 saturated carbocycles. The van der Waals surface area contributed by atoms with Gasteiger partial charge in [-0.25, -0.2) is 4.98 Å². The smallest absolute Gasteiger partial charge is 0.249 e. The van der Waals surface area contributed by atoms with Gasteiger partial charge in [-0.05, 0) is 6.92 Å². The number of aromatic nitrogens is 4. The molecule has 0 aliphatic rings. The second-order valence-corrected chi connectivity index (χ2v) is 6.01. The van der Waals surface area contributed by atoms with Crippen LogP contribution >= 0.6 is 11.5 Å². The molecule has 102 valence electrons. The Balaban J connectivity index is 2.42. The van der Waals surface area contributed by atoms with Crippen molar-refractivity contribution >= 4 is 28.2 Å². The number of nitrogen functional groups attached to an aromatic ring is 1. The van der Waals surface area contributed by atoms with Crippen molar-refractivity contribution in [3.8, 4) is 0 Å². The number of nitrogens with two attached hydrogens (primary N) is 1. The van der Waals surface area contributed by atoms with Crippen molar-refractivity contribution in [3.63, 3.8) is 0 Å². The van der Waals surface area contributed by atoms with Gasteiger partial charge in [-0.1, -0.05) is 20.8 Å². The molecule has 0 radical (unpaired) electrons. The van der Waals surface area contributed by atoms with Crippen LogP contribution in [0.5, 0.6) is 0 Å². The van der Waals surface area contributed by atoms with Crippen molar-refractivity contribution in [2.75, 3.05) is 5.73 Å². The highest BCUT2D eigenvalue weighted by atomic mass is 32.1. The van der Waals surface area contributed by atoms with Crippen LogP contribution < -0.4 is 5.73 Å². The minimum atomic E-state index is -0.152. The fraction of sp³-hybridized carbons (Fsp3) is 0.545. The summed E-state index contributed by atoms with van der Waals surface area (Å²) < 4.78 is 5.66. The van der Waals surface area contributed by atoms with Gasteiger partial charge >= 0.3 is 0 Å². The highest BCUT2D eigenvalue weighted by Crippen LogP contribution is 2.36. The van der Waals surface area contributed by atoms with Gasteiger partial charge in [0.05, 0.1) is 5.69 Å². The first-order chi connectivity index (χ1) is 8.79. The average molecular weight is 279 g/mol. The van der Waals surface area contributed by atoms with E-state index in [1.807, 2.05) is 6.92 Å². The van der Waals surface area contributed by atoms with Gasteiger partial charge in [-0.15, -0.1) is 10.2 Å². The van der Waals surface area contributed by atoms with Gasteiger partial charge in [-0.3, -0.25) is 4.68 Å². The Bertz CT molecular complexity index is 618. The van der Waals surface area contributed by atoms with Crippen molar-refractivity contribution < 1.29 is 0 Å². The van der Waals surface area contributed by atoms with E-state index in [-0.39, 0.29) is 5.41 Å². The summed E-state index contributed by atoms with van der Waals surface area (Å²) in [6.45, 7) is 7.99. The van der Waals surface area contributed by atoms with E-state index in [1.165, 1.54) is 11.5 Å². The van der Waals surface area contributed by atoms with Crippen molar-refractivity contribution in [3.05, 3.63) is 11.5 Å². The molecule has 19 heavy (non-hydrogen) atoms. The Morgan fingerprint density at radius 3 is 2.47 bits per heavy atom. The summed E-state index contributed by atoms with van der Waals surface area (Å²) in [5.41, 5.74) is 7.25. The number of hydrogen-bond donors (Lipinski definition) is 1. The standard InChI is InChI=1S/C11H17N7S/c1-6-13-10(19-17-6)15-14-7-8(11(2,3)4)16-18(5)9(7)12/h12H2,1-5H3. The Morgan fingerprint density at radius 2 is 1.95 bits per heavy atom. The van der Waals surface area contributed by atoms with Crippen LogP contribution in [0.2, 0.25) is 0 Å². The lowest BCUT2D eigenvalue weighted by Gasteiger charge is -2.15. The van der Waals surface area contributed by atoms with Crippen LogP contribution in [0.3, 0.4) is 0 Å². The summed E-state index contributed by atoms with van der Waals surface area (Å²) in [6.07, 6.45) is 0. The van der Waals surface area contributed by atoms with Crippen molar-refractivity contribution in [2.24, 2.45) is 17.3 Å². The summed E-state index contributed by atoms with van der Waals surface area (Å²) in [6, 6.07) is 0. The number of aryl methyl sites for hydroxylation is 2. The van der Waals surface area contributed by atoms with Crippen LogP contribution in [-0.2, 0) is 12.5 Å². The van der Waals surface area contributed by atoms with E-state index in [9.17, 15) is 0 Å². The lowest BCUT2D eigenvalue weighted by molar-refractivity contribution is 0.554. The topological polar surface area (TPSA) is 94.3 Å². The number of azo groups is 1. The van der Waals surface area contributed by atoms with E-state index in [0.717, 1.165) is 5.69 Å². The molecule has 0 aromatic carbocycles. The van der Waals surface area contributed by atoms with Crippen LogP contribution in [0.25, 0.3) is 0 Å². The molecule has 0 saturated heterocycles. The van der Waals surface area contributed by atoms with Gasteiger partial charge in [0.1, 0.15) is 11.6 Å². The van der Waals surface area contributed by atoms with Gasteiger partial charge in [0, 0.05) is 24.0 Å². The Kier molecular flexibility index (Phi) is 3.36. The van der Waals surface area contributed by atoms with Crippen LogP contribution in [0, 0.1) is 6.92 Å². The number of anilines is 1. The van der Waals surface area contributed by atoms with E-state index in [0.29, 0.717) is 22.5 Å². The van der Waals surface area contributed by atoms with Crippen LogP contribution in [0.15, 0.2) is 10.2 Å². The third-order valence-corrected chi connectivity index (χ3v) is 3.22. The maximum absolute atomic E-state index is 5.98.